The molecule has 0 saturated carbocycles. The number of rotatable bonds is 8. The van der Waals surface area contributed by atoms with Crippen LogP contribution < -0.4 is 5.73 Å². The van der Waals surface area contributed by atoms with Gasteiger partial charge < -0.3 is 15.2 Å². The number of carbonyl (C=O) groups is 2. The highest BCUT2D eigenvalue weighted by molar-refractivity contribution is 5.92. The zero-order valence-corrected chi connectivity index (χ0v) is 11.8. The molecule has 112 valence electrons. The summed E-state index contributed by atoms with van der Waals surface area (Å²) in [6, 6.07) is 0. The highest BCUT2D eigenvalue weighted by Gasteiger charge is 2.20. The molecule has 0 aliphatic carbocycles. The average molecular weight is 284 g/mol. The van der Waals surface area contributed by atoms with Gasteiger partial charge in [0, 0.05) is 0 Å². The molecule has 0 radical (unpaired) electrons. The van der Waals surface area contributed by atoms with Crippen molar-refractivity contribution in [1.82, 2.24) is 15.0 Å². The molecule has 0 aliphatic rings. The van der Waals surface area contributed by atoms with Gasteiger partial charge in [0.1, 0.15) is 6.54 Å². The maximum Gasteiger partial charge on any atom is 0.362 e. The van der Waals surface area contributed by atoms with Crippen LogP contribution in [-0.2, 0) is 20.8 Å². The van der Waals surface area contributed by atoms with Crippen LogP contribution in [0.3, 0.4) is 0 Å². The fourth-order valence-corrected chi connectivity index (χ4v) is 1.49. The zero-order chi connectivity index (χ0) is 15.0. The third kappa shape index (κ3) is 4.52. The summed E-state index contributed by atoms with van der Waals surface area (Å²) in [7, 11) is 0. The van der Waals surface area contributed by atoms with Crippen LogP contribution in [0.1, 0.15) is 43.6 Å². The Kier molecular flexibility index (Phi) is 6.48. The van der Waals surface area contributed by atoms with E-state index in [1.807, 2.05) is 0 Å². The van der Waals surface area contributed by atoms with E-state index < -0.39 is 11.9 Å². The normalized spacial score (nSPS) is 10.3. The smallest absolute Gasteiger partial charge is 0.362 e. The van der Waals surface area contributed by atoms with Crippen molar-refractivity contribution >= 4 is 17.8 Å². The topological polar surface area (TPSA) is 109 Å². The van der Waals surface area contributed by atoms with E-state index in [2.05, 4.69) is 17.2 Å². The maximum atomic E-state index is 11.6. The number of unbranched alkanes of at least 4 members (excludes halogenated alkanes) is 2. The SMILES string of the molecule is CCCCCOC(=O)Cn1nnc(C(=O)OCC)c1N. The molecule has 1 rings (SSSR count). The van der Waals surface area contributed by atoms with Crippen LogP contribution in [0, 0.1) is 0 Å². The van der Waals surface area contributed by atoms with Gasteiger partial charge in [0.15, 0.2) is 5.82 Å². The van der Waals surface area contributed by atoms with Gasteiger partial charge in [0.25, 0.3) is 0 Å². The maximum absolute atomic E-state index is 11.6. The first-order chi connectivity index (χ1) is 9.60. The number of esters is 2. The van der Waals surface area contributed by atoms with E-state index in [4.69, 9.17) is 15.2 Å². The van der Waals surface area contributed by atoms with Gasteiger partial charge in [-0.2, -0.15) is 0 Å². The van der Waals surface area contributed by atoms with Crippen LogP contribution in [0.4, 0.5) is 5.82 Å². The van der Waals surface area contributed by atoms with Gasteiger partial charge in [-0.1, -0.05) is 25.0 Å². The molecule has 20 heavy (non-hydrogen) atoms. The summed E-state index contributed by atoms with van der Waals surface area (Å²) < 4.78 is 10.9. The molecule has 8 nitrogen and oxygen atoms in total. The van der Waals surface area contributed by atoms with E-state index in [9.17, 15) is 9.59 Å². The molecule has 0 aromatic carbocycles. The number of aromatic nitrogens is 3. The van der Waals surface area contributed by atoms with Crippen molar-refractivity contribution in [3.63, 3.8) is 0 Å². The second-order valence-electron chi connectivity index (χ2n) is 4.13. The molecule has 1 aromatic rings. The lowest BCUT2D eigenvalue weighted by Gasteiger charge is -2.05. The van der Waals surface area contributed by atoms with E-state index >= 15 is 0 Å². The Morgan fingerprint density at radius 3 is 2.65 bits per heavy atom. The Balaban J connectivity index is 2.52. The second kappa shape index (κ2) is 8.13. The van der Waals surface area contributed by atoms with Crippen LogP contribution in [0.5, 0.6) is 0 Å². The average Bonchev–Trinajstić information content (AvgIpc) is 2.77. The third-order valence-electron chi connectivity index (χ3n) is 2.53. The molecule has 0 aliphatic heterocycles. The number of ether oxygens (including phenoxy) is 2. The molecule has 2 N–H and O–H groups in total. The summed E-state index contributed by atoms with van der Waals surface area (Å²) in [6.45, 7) is 4.14. The first-order valence-electron chi connectivity index (χ1n) is 6.61. The molecule has 0 spiro atoms. The van der Waals surface area contributed by atoms with Gasteiger partial charge in [-0.05, 0) is 13.3 Å². The Morgan fingerprint density at radius 1 is 1.25 bits per heavy atom. The summed E-state index contributed by atoms with van der Waals surface area (Å²) >= 11 is 0. The first-order valence-corrected chi connectivity index (χ1v) is 6.61. The monoisotopic (exact) mass is 284 g/mol. The van der Waals surface area contributed by atoms with Crippen molar-refractivity contribution < 1.29 is 19.1 Å². The molecular weight excluding hydrogens is 264 g/mol. The van der Waals surface area contributed by atoms with Crippen LogP contribution in [0.2, 0.25) is 0 Å². The number of nitrogens with zero attached hydrogens (tertiary/aromatic N) is 3. The number of nitrogens with two attached hydrogens (primary N) is 1. The Labute approximate surface area is 117 Å². The number of anilines is 1. The van der Waals surface area contributed by atoms with E-state index in [-0.39, 0.29) is 24.7 Å². The van der Waals surface area contributed by atoms with Crippen LogP contribution in [0.25, 0.3) is 0 Å². The third-order valence-corrected chi connectivity index (χ3v) is 2.53. The zero-order valence-electron chi connectivity index (χ0n) is 11.8. The first kappa shape index (κ1) is 15.9. The fourth-order valence-electron chi connectivity index (χ4n) is 1.49. The second-order valence-corrected chi connectivity index (χ2v) is 4.13. The molecule has 0 unspecified atom stereocenters. The molecule has 8 heteroatoms. The molecule has 0 saturated heterocycles. The fraction of sp³-hybridized carbons (Fsp3) is 0.667. The number of nitrogen functional groups attached to an aromatic ring is 1. The van der Waals surface area contributed by atoms with Crippen LogP contribution >= 0.6 is 0 Å². The quantitative estimate of drug-likeness (QED) is 0.554. The predicted molar refractivity (Wildman–Crippen MR) is 70.9 cm³/mol. The largest absolute Gasteiger partial charge is 0.464 e. The summed E-state index contributed by atoms with van der Waals surface area (Å²) in [5, 5.41) is 7.25. The van der Waals surface area contributed by atoms with Gasteiger partial charge in [-0.15, -0.1) is 5.10 Å². The van der Waals surface area contributed by atoms with Gasteiger partial charge >= 0.3 is 11.9 Å². The molecule has 1 aromatic heterocycles. The number of hydrogen-bond acceptors (Lipinski definition) is 7. The predicted octanol–water partition coefficient (Wildman–Crippen LogP) is 0.770. The summed E-state index contributed by atoms with van der Waals surface area (Å²) in [4.78, 5) is 23.0. The van der Waals surface area contributed by atoms with Crippen molar-refractivity contribution in [2.24, 2.45) is 0 Å². The highest BCUT2D eigenvalue weighted by Crippen LogP contribution is 2.09. The lowest BCUT2D eigenvalue weighted by Crippen LogP contribution is -2.17. The minimum Gasteiger partial charge on any atom is -0.464 e. The number of carbonyl (C=O) groups excluding carboxylic acids is 2. The molecular formula is C12H20N4O4. The molecule has 1 heterocycles. The van der Waals surface area contributed by atoms with Crippen molar-refractivity contribution in [3.8, 4) is 0 Å². The minimum atomic E-state index is -0.660. The van der Waals surface area contributed by atoms with E-state index in [0.29, 0.717) is 6.61 Å². The summed E-state index contributed by atoms with van der Waals surface area (Å²) in [6.07, 6.45) is 2.88. The van der Waals surface area contributed by atoms with Crippen LogP contribution in [-0.4, -0.2) is 40.1 Å². The van der Waals surface area contributed by atoms with E-state index in [0.717, 1.165) is 23.9 Å². The van der Waals surface area contributed by atoms with Crippen molar-refractivity contribution in [1.29, 1.82) is 0 Å². The van der Waals surface area contributed by atoms with Crippen molar-refractivity contribution in [2.75, 3.05) is 18.9 Å². The Bertz CT molecular complexity index is 458. The van der Waals surface area contributed by atoms with Gasteiger partial charge in [0.05, 0.1) is 13.2 Å². The lowest BCUT2D eigenvalue weighted by molar-refractivity contribution is -0.144. The lowest BCUT2D eigenvalue weighted by atomic mass is 10.3. The summed E-state index contributed by atoms with van der Waals surface area (Å²) in [5.41, 5.74) is 5.60. The van der Waals surface area contributed by atoms with Gasteiger partial charge in [0.2, 0.25) is 5.69 Å². The van der Waals surface area contributed by atoms with Crippen LogP contribution in [0.15, 0.2) is 0 Å². The Morgan fingerprint density at radius 2 is 2.00 bits per heavy atom. The number of hydrogen-bond donors (Lipinski definition) is 1. The summed E-state index contributed by atoms with van der Waals surface area (Å²) in [5.74, 6) is -1.13. The molecule has 0 bridgehead atoms. The molecule has 0 amide bonds. The molecule has 0 fully saturated rings. The van der Waals surface area contributed by atoms with Crippen molar-refractivity contribution in [2.45, 2.75) is 39.7 Å². The van der Waals surface area contributed by atoms with E-state index in [1.54, 1.807) is 6.92 Å². The van der Waals surface area contributed by atoms with E-state index in [1.165, 1.54) is 0 Å². The van der Waals surface area contributed by atoms with Gasteiger partial charge in [-0.25, -0.2) is 9.48 Å². The highest BCUT2D eigenvalue weighted by atomic mass is 16.5. The molecule has 0 atom stereocenters. The van der Waals surface area contributed by atoms with Crippen molar-refractivity contribution in [3.05, 3.63) is 5.69 Å². The minimum absolute atomic E-state index is 0.00559. The Hall–Kier alpha value is -2.12. The standard InChI is InChI=1S/C12H20N4O4/c1-3-5-6-7-20-9(17)8-16-11(13)10(14-15-16)12(18)19-4-2/h3-8,13H2,1-2H3. The van der Waals surface area contributed by atoms with Gasteiger partial charge in [-0.3, -0.25) is 4.79 Å².